The molecule has 1 aromatic carbocycles. The van der Waals surface area contributed by atoms with Gasteiger partial charge in [0.05, 0.1) is 5.92 Å². The zero-order chi connectivity index (χ0) is 15.4. The van der Waals surface area contributed by atoms with Crippen molar-refractivity contribution < 1.29 is 19.5 Å². The molecule has 2 rings (SSSR count). The van der Waals surface area contributed by atoms with Gasteiger partial charge in [0.1, 0.15) is 0 Å². The molecule has 0 aliphatic heterocycles. The van der Waals surface area contributed by atoms with Crippen LogP contribution < -0.4 is 10.6 Å². The minimum absolute atomic E-state index is 0.473. The average Bonchev–Trinajstić information content (AvgIpc) is 2.89. The average molecular weight is 290 g/mol. The van der Waals surface area contributed by atoms with Crippen molar-refractivity contribution in [3.05, 3.63) is 29.8 Å². The highest BCUT2D eigenvalue weighted by Crippen LogP contribution is 2.25. The molecule has 21 heavy (non-hydrogen) atoms. The number of hydrogen-bond acceptors (Lipinski definition) is 3. The Hall–Kier alpha value is -2.37. The number of amides is 2. The molecule has 2 atom stereocenters. The van der Waals surface area contributed by atoms with Crippen molar-refractivity contribution in [3.8, 4) is 0 Å². The molecule has 1 aliphatic carbocycles. The van der Waals surface area contributed by atoms with Crippen LogP contribution in [0.4, 0.5) is 5.69 Å². The normalized spacial score (nSPS) is 20.8. The molecular weight excluding hydrogens is 272 g/mol. The number of benzene rings is 1. The van der Waals surface area contributed by atoms with Gasteiger partial charge in [0.2, 0.25) is 0 Å². The van der Waals surface area contributed by atoms with Crippen LogP contribution in [0.5, 0.6) is 0 Å². The first kappa shape index (κ1) is 15.0. The van der Waals surface area contributed by atoms with Gasteiger partial charge in [-0.25, -0.2) is 0 Å². The first-order valence-electron chi connectivity index (χ1n) is 6.88. The van der Waals surface area contributed by atoms with Gasteiger partial charge in [-0.1, -0.05) is 24.1 Å². The Balaban J connectivity index is 1.92. The van der Waals surface area contributed by atoms with Gasteiger partial charge in [0.25, 0.3) is 0 Å². The predicted octanol–water partition coefficient (Wildman–Crippen LogP) is 1.30. The summed E-state index contributed by atoms with van der Waals surface area (Å²) in [6.07, 6.45) is 1.85. The fourth-order valence-electron chi connectivity index (χ4n) is 2.49. The molecule has 0 radical (unpaired) electrons. The van der Waals surface area contributed by atoms with Crippen molar-refractivity contribution in [1.82, 2.24) is 5.32 Å². The molecule has 0 aromatic heterocycles. The van der Waals surface area contributed by atoms with E-state index in [0.29, 0.717) is 18.5 Å². The summed E-state index contributed by atoms with van der Waals surface area (Å²) in [5.74, 6) is -3.12. The standard InChI is InChI=1S/C15H18N2O4/c1-9-5-7-10(8-6-9)16-13(18)14(19)17-12-4-2-3-11(12)15(20)21/h5-8,11-12H,2-4H2,1H3,(H,16,18)(H,17,19)(H,20,21). The van der Waals surface area contributed by atoms with Gasteiger partial charge in [-0.05, 0) is 31.9 Å². The van der Waals surface area contributed by atoms with E-state index in [1.807, 2.05) is 19.1 Å². The van der Waals surface area contributed by atoms with Crippen LogP contribution in [0.1, 0.15) is 24.8 Å². The first-order chi connectivity index (χ1) is 9.97. The number of aryl methyl sites for hydroxylation is 1. The Morgan fingerprint density at radius 1 is 1.10 bits per heavy atom. The van der Waals surface area contributed by atoms with Crippen LogP contribution in [0.3, 0.4) is 0 Å². The van der Waals surface area contributed by atoms with Crippen LogP contribution in [-0.4, -0.2) is 28.9 Å². The third-order valence-corrected chi connectivity index (χ3v) is 3.67. The Morgan fingerprint density at radius 3 is 2.38 bits per heavy atom. The van der Waals surface area contributed by atoms with Crippen molar-refractivity contribution in [2.45, 2.75) is 32.2 Å². The number of carbonyl (C=O) groups is 3. The quantitative estimate of drug-likeness (QED) is 0.731. The predicted molar refractivity (Wildman–Crippen MR) is 76.7 cm³/mol. The van der Waals surface area contributed by atoms with Crippen molar-refractivity contribution >= 4 is 23.5 Å². The van der Waals surface area contributed by atoms with E-state index in [4.69, 9.17) is 5.11 Å². The van der Waals surface area contributed by atoms with Crippen molar-refractivity contribution in [2.24, 2.45) is 5.92 Å². The smallest absolute Gasteiger partial charge is 0.313 e. The lowest BCUT2D eigenvalue weighted by atomic mass is 10.0. The SMILES string of the molecule is Cc1ccc(NC(=O)C(=O)NC2CCCC2C(=O)O)cc1. The van der Waals surface area contributed by atoms with Gasteiger partial charge < -0.3 is 15.7 Å². The van der Waals surface area contributed by atoms with Crippen molar-refractivity contribution in [1.29, 1.82) is 0 Å². The van der Waals surface area contributed by atoms with E-state index < -0.39 is 29.7 Å². The summed E-state index contributed by atoms with van der Waals surface area (Å²) in [5.41, 5.74) is 1.58. The number of anilines is 1. The Bertz CT molecular complexity index is 553. The highest BCUT2D eigenvalue weighted by Gasteiger charge is 2.34. The maximum atomic E-state index is 11.8. The molecule has 0 spiro atoms. The summed E-state index contributed by atoms with van der Waals surface area (Å²) >= 11 is 0. The van der Waals surface area contributed by atoms with Crippen LogP contribution >= 0.6 is 0 Å². The number of aliphatic carboxylic acids is 1. The number of nitrogens with one attached hydrogen (secondary N) is 2. The Kier molecular flexibility index (Phi) is 4.57. The molecule has 1 aromatic rings. The summed E-state index contributed by atoms with van der Waals surface area (Å²) in [5, 5.41) is 14.0. The summed E-state index contributed by atoms with van der Waals surface area (Å²) in [4.78, 5) is 34.6. The second-order valence-electron chi connectivity index (χ2n) is 5.28. The summed E-state index contributed by atoms with van der Waals surface area (Å²) < 4.78 is 0. The van der Waals surface area contributed by atoms with E-state index in [0.717, 1.165) is 12.0 Å². The Labute approximate surface area is 122 Å². The van der Waals surface area contributed by atoms with E-state index in [1.54, 1.807) is 12.1 Å². The van der Waals surface area contributed by atoms with Crippen molar-refractivity contribution in [2.75, 3.05) is 5.32 Å². The van der Waals surface area contributed by atoms with Gasteiger partial charge in [-0.3, -0.25) is 14.4 Å². The van der Waals surface area contributed by atoms with Gasteiger partial charge >= 0.3 is 17.8 Å². The van der Waals surface area contributed by atoms with Gasteiger partial charge in [-0.15, -0.1) is 0 Å². The lowest BCUT2D eigenvalue weighted by Gasteiger charge is -2.17. The fourth-order valence-corrected chi connectivity index (χ4v) is 2.49. The topological polar surface area (TPSA) is 95.5 Å². The molecule has 0 heterocycles. The zero-order valence-electron chi connectivity index (χ0n) is 11.8. The second kappa shape index (κ2) is 6.39. The van der Waals surface area contributed by atoms with Crippen LogP contribution in [0.2, 0.25) is 0 Å². The lowest BCUT2D eigenvalue weighted by molar-refractivity contribution is -0.143. The zero-order valence-corrected chi connectivity index (χ0v) is 11.8. The van der Waals surface area contributed by atoms with E-state index >= 15 is 0 Å². The molecule has 6 heteroatoms. The highest BCUT2D eigenvalue weighted by atomic mass is 16.4. The van der Waals surface area contributed by atoms with Crippen molar-refractivity contribution in [3.63, 3.8) is 0 Å². The molecule has 1 aliphatic rings. The maximum Gasteiger partial charge on any atom is 0.313 e. The molecule has 2 amide bonds. The minimum atomic E-state index is -0.934. The number of hydrogen-bond donors (Lipinski definition) is 3. The van der Waals surface area contributed by atoms with Gasteiger partial charge in [-0.2, -0.15) is 0 Å². The molecule has 112 valence electrons. The maximum absolute atomic E-state index is 11.8. The summed E-state index contributed by atoms with van der Waals surface area (Å²) in [6, 6.07) is 6.58. The van der Waals surface area contributed by atoms with E-state index in [2.05, 4.69) is 10.6 Å². The largest absolute Gasteiger partial charge is 0.481 e. The van der Waals surface area contributed by atoms with Gasteiger partial charge in [0, 0.05) is 11.7 Å². The second-order valence-corrected chi connectivity index (χ2v) is 5.28. The van der Waals surface area contributed by atoms with E-state index in [1.165, 1.54) is 0 Å². The highest BCUT2D eigenvalue weighted by molar-refractivity contribution is 6.39. The number of carbonyl (C=O) groups excluding carboxylic acids is 2. The lowest BCUT2D eigenvalue weighted by Crippen LogP contribution is -2.45. The first-order valence-corrected chi connectivity index (χ1v) is 6.88. The molecule has 0 saturated heterocycles. The van der Waals surface area contributed by atoms with Crippen LogP contribution in [-0.2, 0) is 14.4 Å². The molecule has 0 bridgehead atoms. The molecule has 3 N–H and O–H groups in total. The van der Waals surface area contributed by atoms with E-state index in [-0.39, 0.29) is 0 Å². The van der Waals surface area contributed by atoms with Crippen LogP contribution in [0, 0.1) is 12.8 Å². The van der Waals surface area contributed by atoms with E-state index in [9.17, 15) is 14.4 Å². The Morgan fingerprint density at radius 2 is 1.76 bits per heavy atom. The molecular formula is C15H18N2O4. The third-order valence-electron chi connectivity index (χ3n) is 3.67. The van der Waals surface area contributed by atoms with Gasteiger partial charge in [0.15, 0.2) is 0 Å². The monoisotopic (exact) mass is 290 g/mol. The number of rotatable bonds is 3. The summed E-state index contributed by atoms with van der Waals surface area (Å²) in [6.45, 7) is 1.92. The molecule has 6 nitrogen and oxygen atoms in total. The number of carboxylic acid groups (broad SMARTS) is 1. The minimum Gasteiger partial charge on any atom is -0.481 e. The molecule has 1 saturated carbocycles. The third kappa shape index (κ3) is 3.81. The fraction of sp³-hybridized carbons (Fsp3) is 0.400. The van der Waals surface area contributed by atoms with Crippen LogP contribution in [0.15, 0.2) is 24.3 Å². The molecule has 1 fully saturated rings. The number of carboxylic acids is 1. The molecule has 2 unspecified atom stereocenters. The summed E-state index contributed by atoms with van der Waals surface area (Å²) in [7, 11) is 0. The van der Waals surface area contributed by atoms with Crippen LogP contribution in [0.25, 0.3) is 0 Å².